The molecule has 0 aliphatic rings. The van der Waals surface area contributed by atoms with Gasteiger partial charge in [-0.3, -0.25) is 4.79 Å². The Balaban J connectivity index is 1.84. The molecule has 0 saturated heterocycles. The molecule has 8 heteroatoms. The molecule has 0 aliphatic heterocycles. The maximum absolute atomic E-state index is 11.3. The van der Waals surface area contributed by atoms with Gasteiger partial charge in [-0.25, -0.2) is 0 Å². The van der Waals surface area contributed by atoms with Crippen molar-refractivity contribution in [3.8, 4) is 34.2 Å². The highest BCUT2D eigenvalue weighted by molar-refractivity contribution is 5.66. The molecule has 0 unspecified atom stereocenters. The Morgan fingerprint density at radius 1 is 1.08 bits per heavy atom. The third-order valence-electron chi connectivity index (χ3n) is 4.07. The monoisotopic (exact) mass is 352 g/mol. The van der Waals surface area contributed by atoms with Gasteiger partial charge in [-0.05, 0) is 31.2 Å². The molecule has 0 spiro atoms. The van der Waals surface area contributed by atoms with Crippen LogP contribution < -0.4 is 15.0 Å². The van der Waals surface area contributed by atoms with Crippen molar-refractivity contribution in [1.82, 2.24) is 19.6 Å². The molecule has 3 heterocycles. The molecule has 3 aromatic heterocycles. The number of aryl methyl sites for hydroxylation is 1. The van der Waals surface area contributed by atoms with Crippen molar-refractivity contribution in [1.29, 1.82) is 0 Å². The minimum atomic E-state index is -0.168. The molecule has 4 rings (SSSR count). The fourth-order valence-corrected chi connectivity index (χ4v) is 2.82. The lowest BCUT2D eigenvalue weighted by Crippen LogP contribution is -2.02. The van der Waals surface area contributed by atoms with E-state index in [1.54, 1.807) is 43.1 Å². The van der Waals surface area contributed by atoms with Crippen molar-refractivity contribution >= 4 is 5.84 Å². The number of fused-ring (bicyclic) bond motifs is 1. The van der Waals surface area contributed by atoms with Crippen LogP contribution in [0.3, 0.4) is 0 Å². The van der Waals surface area contributed by atoms with Gasteiger partial charge in [0.1, 0.15) is 5.69 Å². The molecule has 0 fully saturated rings. The molecule has 132 valence electrons. The molecule has 0 amide bonds. The van der Waals surface area contributed by atoms with Crippen molar-refractivity contribution in [2.75, 3.05) is 14.2 Å². The number of imidazole rings is 1. The smallest absolute Gasteiger partial charge is 0.325 e. The standard InChI is InChI=1S/C18H16N4O4/c1-10-16(12-5-7-15(23)19-9-12)22-18(20-10)26-17(21-22)11-4-6-13(24-2)14(8-11)25-3/h4-9H,1-3H3,(H,19,23). The molecule has 0 atom stereocenters. The molecule has 0 radical (unpaired) electrons. The van der Waals surface area contributed by atoms with Crippen molar-refractivity contribution in [3.05, 3.63) is 52.6 Å². The second-order valence-electron chi connectivity index (χ2n) is 5.66. The molecule has 1 N–H and O–H groups in total. The molecule has 0 saturated carbocycles. The zero-order valence-corrected chi connectivity index (χ0v) is 14.4. The number of rotatable bonds is 4. The van der Waals surface area contributed by atoms with Crippen LogP contribution in [0.5, 0.6) is 11.5 Å². The van der Waals surface area contributed by atoms with Gasteiger partial charge in [0, 0.05) is 23.4 Å². The Kier molecular flexibility index (Phi) is 3.72. The highest BCUT2D eigenvalue weighted by Crippen LogP contribution is 2.33. The second-order valence-corrected chi connectivity index (χ2v) is 5.66. The first-order valence-corrected chi connectivity index (χ1v) is 7.88. The summed E-state index contributed by atoms with van der Waals surface area (Å²) in [6.45, 7) is 1.86. The van der Waals surface area contributed by atoms with E-state index >= 15 is 0 Å². The number of pyridine rings is 1. The lowest BCUT2D eigenvalue weighted by Gasteiger charge is -2.07. The molecule has 1 aromatic carbocycles. The Labute approximate surface area is 148 Å². The number of nitrogens with one attached hydrogen (secondary N) is 1. The first kappa shape index (κ1) is 15.9. The molecular formula is C18H16N4O4. The van der Waals surface area contributed by atoms with E-state index in [0.717, 1.165) is 22.5 Å². The van der Waals surface area contributed by atoms with E-state index in [1.807, 2.05) is 13.0 Å². The van der Waals surface area contributed by atoms with Gasteiger partial charge in [0.05, 0.1) is 19.9 Å². The van der Waals surface area contributed by atoms with Gasteiger partial charge in [-0.2, -0.15) is 9.50 Å². The van der Waals surface area contributed by atoms with E-state index in [9.17, 15) is 4.79 Å². The van der Waals surface area contributed by atoms with E-state index in [0.29, 0.717) is 23.2 Å². The first-order chi connectivity index (χ1) is 12.6. The Bertz CT molecular complexity index is 1140. The number of aromatic nitrogens is 4. The molecule has 26 heavy (non-hydrogen) atoms. The topological polar surface area (TPSA) is 94.7 Å². The van der Waals surface area contributed by atoms with E-state index in [4.69, 9.17) is 13.9 Å². The minimum Gasteiger partial charge on any atom is -0.493 e. The lowest BCUT2D eigenvalue weighted by molar-refractivity contribution is 0.355. The Morgan fingerprint density at radius 3 is 2.54 bits per heavy atom. The van der Waals surface area contributed by atoms with Crippen LogP contribution in [0.4, 0.5) is 0 Å². The highest BCUT2D eigenvalue weighted by atomic mass is 16.5. The number of methoxy groups -OCH3 is 2. The average Bonchev–Trinajstić information content (AvgIpc) is 3.18. The van der Waals surface area contributed by atoms with E-state index in [1.165, 1.54) is 6.07 Å². The Morgan fingerprint density at radius 2 is 1.85 bits per heavy atom. The fourth-order valence-electron chi connectivity index (χ4n) is 2.82. The zero-order chi connectivity index (χ0) is 18.3. The normalized spacial score (nSPS) is 11.0. The van der Waals surface area contributed by atoms with Crippen molar-refractivity contribution in [2.45, 2.75) is 6.92 Å². The highest BCUT2D eigenvalue weighted by Gasteiger charge is 2.19. The SMILES string of the molecule is COc1ccc(-c2nn3c(-c4ccc(=O)[nH]c4)c(C)nc3o2)cc1OC. The van der Waals surface area contributed by atoms with Crippen molar-refractivity contribution in [2.24, 2.45) is 0 Å². The van der Waals surface area contributed by atoms with Gasteiger partial charge in [0.25, 0.3) is 0 Å². The summed E-state index contributed by atoms with van der Waals surface area (Å²) in [5.41, 5.74) is 2.87. The maximum atomic E-state index is 11.3. The molecule has 0 aliphatic carbocycles. The van der Waals surface area contributed by atoms with Gasteiger partial charge < -0.3 is 18.9 Å². The van der Waals surface area contributed by atoms with Gasteiger partial charge in [-0.1, -0.05) is 0 Å². The van der Waals surface area contributed by atoms with Crippen LogP contribution in [0, 0.1) is 6.92 Å². The van der Waals surface area contributed by atoms with E-state index in [2.05, 4.69) is 15.1 Å². The van der Waals surface area contributed by atoms with E-state index < -0.39 is 0 Å². The van der Waals surface area contributed by atoms with Crippen molar-refractivity contribution in [3.63, 3.8) is 0 Å². The molecule has 8 nitrogen and oxygen atoms in total. The number of H-pyrrole nitrogens is 1. The lowest BCUT2D eigenvalue weighted by atomic mass is 10.2. The predicted octanol–water partition coefficient (Wildman–Crippen LogP) is 2.67. The molecule has 0 bridgehead atoms. The molecule has 4 aromatic rings. The quantitative estimate of drug-likeness (QED) is 0.607. The summed E-state index contributed by atoms with van der Waals surface area (Å²) in [4.78, 5) is 18.4. The zero-order valence-electron chi connectivity index (χ0n) is 14.4. The Hall–Kier alpha value is -3.55. The van der Waals surface area contributed by atoms with E-state index in [-0.39, 0.29) is 5.56 Å². The number of aromatic amines is 1. The van der Waals surface area contributed by atoms with Gasteiger partial charge in [0.15, 0.2) is 11.5 Å². The third-order valence-corrected chi connectivity index (χ3v) is 4.07. The molecular weight excluding hydrogens is 336 g/mol. The number of benzene rings is 1. The van der Waals surface area contributed by atoms with Crippen LogP contribution in [0.2, 0.25) is 0 Å². The summed E-state index contributed by atoms with van der Waals surface area (Å²) in [5, 5.41) is 4.53. The third kappa shape index (κ3) is 2.52. The first-order valence-electron chi connectivity index (χ1n) is 7.88. The predicted molar refractivity (Wildman–Crippen MR) is 94.6 cm³/mol. The summed E-state index contributed by atoms with van der Waals surface area (Å²) in [6, 6.07) is 8.59. The average molecular weight is 352 g/mol. The van der Waals surface area contributed by atoms with Gasteiger partial charge in [0.2, 0.25) is 11.4 Å². The number of hydrogen-bond acceptors (Lipinski definition) is 6. The van der Waals surface area contributed by atoms with Crippen LogP contribution >= 0.6 is 0 Å². The van der Waals surface area contributed by atoms with Crippen molar-refractivity contribution < 1.29 is 13.9 Å². The largest absolute Gasteiger partial charge is 0.493 e. The van der Waals surface area contributed by atoms with Crippen LogP contribution in [0.15, 0.2) is 45.7 Å². The summed E-state index contributed by atoms with van der Waals surface area (Å²) in [7, 11) is 3.15. The number of ether oxygens (including phenoxy) is 2. The number of nitrogens with zero attached hydrogens (tertiary/aromatic N) is 3. The van der Waals surface area contributed by atoms with Crippen LogP contribution in [0.1, 0.15) is 5.69 Å². The van der Waals surface area contributed by atoms with Gasteiger partial charge in [-0.15, -0.1) is 5.10 Å². The second kappa shape index (κ2) is 6.07. The van der Waals surface area contributed by atoms with Crippen LogP contribution in [0.25, 0.3) is 28.6 Å². The summed E-state index contributed by atoms with van der Waals surface area (Å²) in [5.74, 6) is 1.97. The van der Waals surface area contributed by atoms with Crippen LogP contribution in [-0.2, 0) is 0 Å². The minimum absolute atomic E-state index is 0.168. The van der Waals surface area contributed by atoms with Gasteiger partial charge >= 0.3 is 5.84 Å². The summed E-state index contributed by atoms with van der Waals surface area (Å²) in [6.07, 6.45) is 1.63. The summed E-state index contributed by atoms with van der Waals surface area (Å²) < 4.78 is 18.0. The fraction of sp³-hybridized carbons (Fsp3) is 0.167. The van der Waals surface area contributed by atoms with Crippen LogP contribution in [-0.4, -0.2) is 33.8 Å². The number of hydrogen-bond donors (Lipinski definition) is 1. The maximum Gasteiger partial charge on any atom is 0.325 e. The summed E-state index contributed by atoms with van der Waals surface area (Å²) >= 11 is 0.